The van der Waals surface area contributed by atoms with E-state index in [1.165, 1.54) is 12.1 Å². The van der Waals surface area contributed by atoms with Gasteiger partial charge in [-0.2, -0.15) is 0 Å². The van der Waals surface area contributed by atoms with Crippen molar-refractivity contribution in [2.24, 2.45) is 5.92 Å². The number of carbonyl (C=O) groups is 1. The summed E-state index contributed by atoms with van der Waals surface area (Å²) in [6.07, 6.45) is 2.70. The van der Waals surface area contributed by atoms with E-state index in [1.807, 2.05) is 22.6 Å². The number of ketones is 1. The number of carbonyl (C=O) groups excluding carboxylic acids is 1. The van der Waals surface area contributed by atoms with Crippen LogP contribution in [-0.4, -0.2) is 5.78 Å². The topological polar surface area (TPSA) is 17.1 Å². The summed E-state index contributed by atoms with van der Waals surface area (Å²) in [5.41, 5.74) is 0.643. The Labute approximate surface area is 110 Å². The van der Waals surface area contributed by atoms with Crippen LogP contribution in [0.25, 0.3) is 0 Å². The van der Waals surface area contributed by atoms with Crippen molar-refractivity contribution >= 4 is 28.4 Å². The fourth-order valence-corrected chi connectivity index (χ4v) is 2.52. The van der Waals surface area contributed by atoms with Gasteiger partial charge < -0.3 is 0 Å². The molecule has 0 radical (unpaired) electrons. The SMILES string of the molecule is CCCC(C)CC(=O)c1ccc(F)cc1I. The summed E-state index contributed by atoms with van der Waals surface area (Å²) in [7, 11) is 0. The van der Waals surface area contributed by atoms with Gasteiger partial charge in [0.15, 0.2) is 5.78 Å². The van der Waals surface area contributed by atoms with Gasteiger partial charge in [-0.15, -0.1) is 0 Å². The molecule has 1 nitrogen and oxygen atoms in total. The lowest BCUT2D eigenvalue weighted by atomic mass is 9.96. The van der Waals surface area contributed by atoms with Crippen molar-refractivity contribution in [2.75, 3.05) is 0 Å². The van der Waals surface area contributed by atoms with Crippen molar-refractivity contribution in [3.8, 4) is 0 Å². The molecule has 1 aromatic carbocycles. The van der Waals surface area contributed by atoms with Crippen LogP contribution < -0.4 is 0 Å². The predicted molar refractivity (Wildman–Crippen MR) is 72.1 cm³/mol. The molecule has 0 bridgehead atoms. The highest BCUT2D eigenvalue weighted by atomic mass is 127. The summed E-state index contributed by atoms with van der Waals surface area (Å²) in [6, 6.07) is 4.33. The van der Waals surface area contributed by atoms with Gasteiger partial charge in [-0.3, -0.25) is 4.79 Å². The van der Waals surface area contributed by atoms with Gasteiger partial charge in [-0.05, 0) is 46.7 Å². The summed E-state index contributed by atoms with van der Waals surface area (Å²) in [6.45, 7) is 4.19. The fraction of sp³-hybridized carbons (Fsp3) is 0.462. The molecule has 16 heavy (non-hydrogen) atoms. The predicted octanol–water partition coefficient (Wildman–Crippen LogP) is 4.44. The normalized spacial score (nSPS) is 12.5. The van der Waals surface area contributed by atoms with Gasteiger partial charge >= 0.3 is 0 Å². The molecule has 0 aliphatic carbocycles. The van der Waals surface area contributed by atoms with E-state index < -0.39 is 0 Å². The van der Waals surface area contributed by atoms with Gasteiger partial charge in [0, 0.05) is 15.6 Å². The van der Waals surface area contributed by atoms with E-state index in [0.29, 0.717) is 21.5 Å². The molecular formula is C13H16FIO. The molecule has 1 aromatic rings. The van der Waals surface area contributed by atoms with Gasteiger partial charge in [0.1, 0.15) is 5.82 Å². The third-order valence-corrected chi connectivity index (χ3v) is 3.44. The van der Waals surface area contributed by atoms with E-state index in [1.54, 1.807) is 6.07 Å². The Hall–Kier alpha value is -0.450. The second kappa shape index (κ2) is 6.33. The molecule has 1 unspecified atom stereocenters. The zero-order valence-electron chi connectivity index (χ0n) is 9.59. The maximum Gasteiger partial charge on any atom is 0.164 e. The fourth-order valence-electron chi connectivity index (χ4n) is 1.74. The number of hydrogen-bond donors (Lipinski definition) is 0. The number of hydrogen-bond acceptors (Lipinski definition) is 1. The van der Waals surface area contributed by atoms with Crippen LogP contribution in [0.4, 0.5) is 4.39 Å². The minimum atomic E-state index is -0.289. The van der Waals surface area contributed by atoms with Gasteiger partial charge in [-0.25, -0.2) is 4.39 Å². The molecule has 1 atom stereocenters. The molecule has 3 heteroatoms. The zero-order valence-corrected chi connectivity index (χ0v) is 11.8. The summed E-state index contributed by atoms with van der Waals surface area (Å²) in [5.74, 6) is 0.228. The van der Waals surface area contributed by atoms with Gasteiger partial charge in [0.25, 0.3) is 0 Å². The maximum atomic E-state index is 12.9. The van der Waals surface area contributed by atoms with Crippen molar-refractivity contribution in [1.82, 2.24) is 0 Å². The molecule has 0 heterocycles. The second-order valence-corrected chi connectivity index (χ2v) is 5.31. The van der Waals surface area contributed by atoms with Crippen LogP contribution in [0.15, 0.2) is 18.2 Å². The smallest absolute Gasteiger partial charge is 0.164 e. The molecule has 1 rings (SSSR count). The summed E-state index contributed by atoms with van der Waals surface area (Å²) >= 11 is 2.01. The Balaban J connectivity index is 2.73. The third kappa shape index (κ3) is 3.85. The number of rotatable bonds is 5. The molecule has 0 amide bonds. The molecule has 0 aromatic heterocycles. The molecule has 0 aliphatic heterocycles. The lowest BCUT2D eigenvalue weighted by Gasteiger charge is -2.09. The van der Waals surface area contributed by atoms with E-state index in [9.17, 15) is 9.18 Å². The Kier molecular flexibility index (Phi) is 5.38. The van der Waals surface area contributed by atoms with Crippen LogP contribution in [0.3, 0.4) is 0 Å². The van der Waals surface area contributed by atoms with Crippen molar-refractivity contribution in [1.29, 1.82) is 0 Å². The first-order chi connectivity index (χ1) is 7.54. The van der Waals surface area contributed by atoms with E-state index in [2.05, 4.69) is 13.8 Å². The van der Waals surface area contributed by atoms with Gasteiger partial charge in [0.2, 0.25) is 0 Å². The highest BCUT2D eigenvalue weighted by molar-refractivity contribution is 14.1. The third-order valence-electron chi connectivity index (χ3n) is 2.55. The Morgan fingerprint density at radius 2 is 2.19 bits per heavy atom. The van der Waals surface area contributed by atoms with E-state index in [-0.39, 0.29) is 11.6 Å². The summed E-state index contributed by atoms with van der Waals surface area (Å²) < 4.78 is 13.6. The van der Waals surface area contributed by atoms with E-state index in [0.717, 1.165) is 12.8 Å². The quantitative estimate of drug-likeness (QED) is 0.575. The van der Waals surface area contributed by atoms with Crippen LogP contribution in [-0.2, 0) is 0 Å². The van der Waals surface area contributed by atoms with Crippen molar-refractivity contribution in [2.45, 2.75) is 33.1 Å². The molecule has 0 fully saturated rings. The minimum Gasteiger partial charge on any atom is -0.294 e. The standard InChI is InChI=1S/C13H16FIO/c1-3-4-9(2)7-13(16)11-6-5-10(14)8-12(11)15/h5-6,8-9H,3-4,7H2,1-2H3. The Morgan fingerprint density at radius 3 is 2.75 bits per heavy atom. The van der Waals surface area contributed by atoms with Crippen molar-refractivity contribution < 1.29 is 9.18 Å². The highest BCUT2D eigenvalue weighted by Gasteiger charge is 2.13. The number of halogens is 2. The molecule has 88 valence electrons. The molecular weight excluding hydrogens is 318 g/mol. The second-order valence-electron chi connectivity index (χ2n) is 4.15. The maximum absolute atomic E-state index is 12.9. The average molecular weight is 334 g/mol. The number of Topliss-reactive ketones (excluding diaryl/α,β-unsaturated/α-hetero) is 1. The molecule has 0 spiro atoms. The first kappa shape index (κ1) is 13.6. The van der Waals surface area contributed by atoms with Crippen LogP contribution in [0.2, 0.25) is 0 Å². The lowest BCUT2D eigenvalue weighted by molar-refractivity contribution is 0.0961. The summed E-state index contributed by atoms with van der Waals surface area (Å²) in [5, 5.41) is 0. The van der Waals surface area contributed by atoms with E-state index >= 15 is 0 Å². The first-order valence-electron chi connectivity index (χ1n) is 5.52. The Morgan fingerprint density at radius 1 is 1.50 bits per heavy atom. The number of benzene rings is 1. The zero-order chi connectivity index (χ0) is 12.1. The first-order valence-corrected chi connectivity index (χ1v) is 6.60. The van der Waals surface area contributed by atoms with Gasteiger partial charge in [-0.1, -0.05) is 26.7 Å². The monoisotopic (exact) mass is 334 g/mol. The van der Waals surface area contributed by atoms with Crippen LogP contribution in [0.5, 0.6) is 0 Å². The lowest BCUT2D eigenvalue weighted by Crippen LogP contribution is -2.07. The molecule has 0 saturated heterocycles. The average Bonchev–Trinajstić information content (AvgIpc) is 2.17. The molecule has 0 N–H and O–H groups in total. The highest BCUT2D eigenvalue weighted by Crippen LogP contribution is 2.19. The van der Waals surface area contributed by atoms with Crippen LogP contribution >= 0.6 is 22.6 Å². The summed E-state index contributed by atoms with van der Waals surface area (Å²) in [4.78, 5) is 11.9. The van der Waals surface area contributed by atoms with Crippen molar-refractivity contribution in [3.05, 3.63) is 33.1 Å². The van der Waals surface area contributed by atoms with Gasteiger partial charge in [0.05, 0.1) is 0 Å². The van der Waals surface area contributed by atoms with E-state index in [4.69, 9.17) is 0 Å². The van der Waals surface area contributed by atoms with Crippen molar-refractivity contribution in [3.63, 3.8) is 0 Å². The largest absolute Gasteiger partial charge is 0.294 e. The molecule has 0 saturated carbocycles. The molecule has 0 aliphatic rings. The minimum absolute atomic E-state index is 0.116. The van der Waals surface area contributed by atoms with Crippen LogP contribution in [0.1, 0.15) is 43.5 Å². The Bertz CT molecular complexity index is 376. The van der Waals surface area contributed by atoms with Crippen LogP contribution in [0, 0.1) is 15.3 Å².